The lowest BCUT2D eigenvalue weighted by atomic mass is 9.96. The van der Waals surface area contributed by atoms with E-state index in [-0.39, 0.29) is 11.3 Å². The molecule has 2 aliphatic rings. The molecule has 1 atom stereocenters. The Morgan fingerprint density at radius 2 is 2.20 bits per heavy atom. The van der Waals surface area contributed by atoms with Gasteiger partial charge in [-0.25, -0.2) is 0 Å². The Morgan fingerprint density at radius 1 is 1.30 bits per heavy atom. The first-order valence-electron chi connectivity index (χ1n) is 6.96. The van der Waals surface area contributed by atoms with E-state index in [9.17, 15) is 0 Å². The molecule has 0 N–H and O–H groups in total. The van der Waals surface area contributed by atoms with Gasteiger partial charge in [0, 0.05) is 17.5 Å². The molecule has 1 aromatic carbocycles. The van der Waals surface area contributed by atoms with E-state index in [4.69, 9.17) is 20.9 Å². The molecule has 1 aliphatic carbocycles. The van der Waals surface area contributed by atoms with Crippen molar-refractivity contribution < 1.29 is 9.26 Å². The lowest BCUT2D eigenvalue weighted by molar-refractivity contribution is 0.192. The van der Waals surface area contributed by atoms with Crippen molar-refractivity contribution in [3.63, 3.8) is 0 Å². The van der Waals surface area contributed by atoms with Gasteiger partial charge >= 0.3 is 0 Å². The number of rotatable bonds is 3. The molecule has 1 saturated heterocycles. The average molecular weight is 291 g/mol. The van der Waals surface area contributed by atoms with Crippen LogP contribution in [0.4, 0.5) is 0 Å². The van der Waals surface area contributed by atoms with Gasteiger partial charge in [0.25, 0.3) is 0 Å². The largest absolute Gasteiger partial charge is 0.381 e. The minimum Gasteiger partial charge on any atom is -0.381 e. The van der Waals surface area contributed by atoms with Crippen LogP contribution in [0.25, 0.3) is 0 Å². The Bertz CT molecular complexity index is 630. The maximum atomic E-state index is 6.09. The first-order valence-corrected chi connectivity index (χ1v) is 7.34. The fraction of sp³-hybridized carbons (Fsp3) is 0.467. The molecule has 0 radical (unpaired) electrons. The summed E-state index contributed by atoms with van der Waals surface area (Å²) in [6, 6.07) is 7.94. The van der Waals surface area contributed by atoms with Crippen LogP contribution in [0.1, 0.15) is 42.5 Å². The van der Waals surface area contributed by atoms with E-state index in [1.54, 1.807) is 0 Å². The van der Waals surface area contributed by atoms with Gasteiger partial charge in [0.2, 0.25) is 5.89 Å². The zero-order valence-corrected chi connectivity index (χ0v) is 11.8. The summed E-state index contributed by atoms with van der Waals surface area (Å²) in [5, 5.41) is 4.90. The van der Waals surface area contributed by atoms with Gasteiger partial charge in [-0.1, -0.05) is 28.9 Å². The molecule has 1 saturated carbocycles. The molecule has 1 aromatic heterocycles. The van der Waals surface area contributed by atoms with Crippen LogP contribution in [0.5, 0.6) is 0 Å². The number of halogens is 1. The summed E-state index contributed by atoms with van der Waals surface area (Å²) >= 11 is 6.09. The predicted molar refractivity (Wildman–Crippen MR) is 73.9 cm³/mol. The van der Waals surface area contributed by atoms with Gasteiger partial charge in [-0.2, -0.15) is 4.98 Å². The van der Waals surface area contributed by atoms with Gasteiger partial charge < -0.3 is 9.26 Å². The third kappa shape index (κ3) is 1.95. The number of aromatic nitrogens is 2. The monoisotopic (exact) mass is 290 g/mol. The second-order valence-electron chi connectivity index (χ2n) is 5.61. The van der Waals surface area contributed by atoms with Gasteiger partial charge in [-0.3, -0.25) is 0 Å². The number of ether oxygens (including phenoxy) is 1. The molecular formula is C15H15ClN2O2. The summed E-state index contributed by atoms with van der Waals surface area (Å²) in [4.78, 5) is 4.63. The van der Waals surface area contributed by atoms with E-state index in [1.807, 2.05) is 18.2 Å². The van der Waals surface area contributed by atoms with E-state index >= 15 is 0 Å². The fourth-order valence-electron chi connectivity index (χ4n) is 2.87. The summed E-state index contributed by atoms with van der Waals surface area (Å²) in [7, 11) is 0. The third-order valence-corrected chi connectivity index (χ3v) is 4.51. The minimum absolute atomic E-state index is 0.115. The van der Waals surface area contributed by atoms with Crippen LogP contribution < -0.4 is 0 Å². The molecule has 0 spiro atoms. The van der Waals surface area contributed by atoms with Gasteiger partial charge in [-0.15, -0.1) is 0 Å². The molecule has 2 heterocycles. The number of hydrogen-bond acceptors (Lipinski definition) is 4. The zero-order valence-electron chi connectivity index (χ0n) is 11.0. The molecule has 4 rings (SSSR count). The Kier molecular flexibility index (Phi) is 2.82. The molecular weight excluding hydrogens is 276 g/mol. The molecule has 4 nitrogen and oxygen atoms in total. The summed E-state index contributed by atoms with van der Waals surface area (Å²) in [5.74, 6) is 1.79. The van der Waals surface area contributed by atoms with E-state index < -0.39 is 0 Å². The molecule has 2 aromatic rings. The SMILES string of the molecule is Clc1cccc(C2(c3nc([C@H]4CCOC4)no3)CC2)c1. The standard InChI is InChI=1S/C15H15ClN2O2/c16-12-3-1-2-11(8-12)15(5-6-15)14-17-13(18-20-14)10-4-7-19-9-10/h1-3,8,10H,4-7,9H2/t10-/m0/s1. The van der Waals surface area contributed by atoms with E-state index in [0.717, 1.165) is 42.6 Å². The molecule has 0 bridgehead atoms. The molecule has 5 heteroatoms. The van der Waals surface area contributed by atoms with Crippen molar-refractivity contribution >= 4 is 11.6 Å². The number of nitrogens with zero attached hydrogens (tertiary/aromatic N) is 2. The summed E-state index contributed by atoms with van der Waals surface area (Å²) in [6.07, 6.45) is 3.05. The van der Waals surface area contributed by atoms with Crippen molar-refractivity contribution in [2.45, 2.75) is 30.6 Å². The molecule has 2 fully saturated rings. The van der Waals surface area contributed by atoms with Crippen molar-refractivity contribution in [2.24, 2.45) is 0 Å². The topological polar surface area (TPSA) is 48.2 Å². The number of hydrogen-bond donors (Lipinski definition) is 0. The second-order valence-corrected chi connectivity index (χ2v) is 6.05. The molecule has 104 valence electrons. The zero-order chi connectivity index (χ0) is 13.6. The fourth-order valence-corrected chi connectivity index (χ4v) is 3.06. The Morgan fingerprint density at radius 3 is 2.90 bits per heavy atom. The van der Waals surface area contributed by atoms with Crippen molar-refractivity contribution in [3.8, 4) is 0 Å². The van der Waals surface area contributed by atoms with Crippen molar-refractivity contribution in [2.75, 3.05) is 13.2 Å². The Labute approximate surface area is 122 Å². The van der Waals surface area contributed by atoms with Gasteiger partial charge in [0.1, 0.15) is 0 Å². The Balaban J connectivity index is 1.66. The predicted octanol–water partition coefficient (Wildman–Crippen LogP) is 3.31. The average Bonchev–Trinajstić information content (AvgIpc) is 2.91. The minimum atomic E-state index is -0.115. The highest BCUT2D eigenvalue weighted by atomic mass is 35.5. The summed E-state index contributed by atoms with van der Waals surface area (Å²) in [6.45, 7) is 1.48. The maximum Gasteiger partial charge on any atom is 0.237 e. The lowest BCUT2D eigenvalue weighted by Gasteiger charge is -2.10. The molecule has 0 unspecified atom stereocenters. The van der Waals surface area contributed by atoms with E-state index in [0.29, 0.717) is 6.61 Å². The van der Waals surface area contributed by atoms with Gasteiger partial charge in [0.05, 0.1) is 12.0 Å². The van der Waals surface area contributed by atoms with Crippen LogP contribution in [-0.2, 0) is 10.2 Å². The highest BCUT2D eigenvalue weighted by Gasteiger charge is 2.51. The first-order chi connectivity index (χ1) is 9.78. The van der Waals surface area contributed by atoms with Crippen molar-refractivity contribution in [3.05, 3.63) is 46.6 Å². The lowest BCUT2D eigenvalue weighted by Crippen LogP contribution is -2.09. The number of benzene rings is 1. The summed E-state index contributed by atoms with van der Waals surface area (Å²) < 4.78 is 10.9. The van der Waals surface area contributed by atoms with Gasteiger partial charge in [-0.05, 0) is 37.0 Å². The molecule has 0 amide bonds. The smallest absolute Gasteiger partial charge is 0.237 e. The molecule has 20 heavy (non-hydrogen) atoms. The van der Waals surface area contributed by atoms with Crippen molar-refractivity contribution in [1.82, 2.24) is 10.1 Å². The normalized spacial score (nSPS) is 23.9. The van der Waals surface area contributed by atoms with Crippen LogP contribution >= 0.6 is 11.6 Å². The maximum absolute atomic E-state index is 6.09. The van der Waals surface area contributed by atoms with Gasteiger partial charge in [0.15, 0.2) is 5.82 Å². The van der Waals surface area contributed by atoms with Crippen LogP contribution in [0.2, 0.25) is 5.02 Å². The van der Waals surface area contributed by atoms with Crippen molar-refractivity contribution in [1.29, 1.82) is 0 Å². The highest BCUT2D eigenvalue weighted by molar-refractivity contribution is 6.30. The Hall–Kier alpha value is -1.39. The highest BCUT2D eigenvalue weighted by Crippen LogP contribution is 2.53. The molecule has 1 aliphatic heterocycles. The summed E-state index contributed by atoms with van der Waals surface area (Å²) in [5.41, 5.74) is 1.05. The van der Waals surface area contributed by atoms with Crippen LogP contribution in [-0.4, -0.2) is 23.4 Å². The first kappa shape index (κ1) is 12.4. The van der Waals surface area contributed by atoms with E-state index in [1.165, 1.54) is 5.56 Å². The second kappa shape index (κ2) is 4.57. The van der Waals surface area contributed by atoms with Crippen LogP contribution in [0.3, 0.4) is 0 Å². The third-order valence-electron chi connectivity index (χ3n) is 4.27. The van der Waals surface area contributed by atoms with Crippen LogP contribution in [0, 0.1) is 0 Å². The van der Waals surface area contributed by atoms with Crippen LogP contribution in [0.15, 0.2) is 28.8 Å². The quantitative estimate of drug-likeness (QED) is 0.870. The van der Waals surface area contributed by atoms with E-state index in [2.05, 4.69) is 16.2 Å².